The molecule has 0 N–H and O–H groups in total. The molecule has 0 radical (unpaired) electrons. The summed E-state index contributed by atoms with van der Waals surface area (Å²) in [7, 11) is 0. The average Bonchev–Trinajstić information content (AvgIpc) is 3.10. The minimum absolute atomic E-state index is 0.326. The fraction of sp³-hybridized carbons (Fsp3) is 0.556. The molecule has 4 fully saturated rings. The monoisotopic (exact) mass is 281 g/mol. The van der Waals surface area contributed by atoms with Crippen LogP contribution in [0.1, 0.15) is 38.5 Å². The largest absolute Gasteiger partial charge is 0.253 e. The molecule has 2 aromatic heterocycles. The zero-order valence-electron chi connectivity index (χ0n) is 12.4. The van der Waals surface area contributed by atoms with E-state index in [1.807, 2.05) is 0 Å². The van der Waals surface area contributed by atoms with Gasteiger partial charge < -0.3 is 0 Å². The topological polar surface area (TPSA) is 13.1 Å². The van der Waals surface area contributed by atoms with Crippen LogP contribution < -0.4 is 5.12 Å². The molecule has 0 amide bonds. The maximum absolute atomic E-state index is 2.54. The van der Waals surface area contributed by atoms with E-state index < -0.39 is 0 Å². The Morgan fingerprint density at radius 3 is 1.43 bits per heavy atom. The lowest BCUT2D eigenvalue weighted by Crippen LogP contribution is -2.64. The normalized spacial score (nSPS) is 37.0. The van der Waals surface area contributed by atoms with Gasteiger partial charge in [0.25, 0.3) is 0 Å². The molecule has 4 bridgehead atoms. The van der Waals surface area contributed by atoms with Gasteiger partial charge >= 0.3 is 0 Å². The molecular formula is C18H23N3. The Morgan fingerprint density at radius 1 is 0.667 bits per heavy atom. The van der Waals surface area contributed by atoms with E-state index in [-0.39, 0.29) is 0 Å². The van der Waals surface area contributed by atoms with Crippen molar-refractivity contribution >= 4 is 0 Å². The molecule has 110 valence electrons. The highest BCUT2D eigenvalue weighted by Gasteiger charge is 2.54. The van der Waals surface area contributed by atoms with Gasteiger partial charge in [0.05, 0.1) is 5.54 Å². The summed E-state index contributed by atoms with van der Waals surface area (Å²) in [4.78, 5) is 0. The zero-order valence-corrected chi connectivity index (χ0v) is 12.4. The van der Waals surface area contributed by atoms with Crippen molar-refractivity contribution in [1.29, 1.82) is 0 Å². The molecule has 6 rings (SSSR count). The molecule has 3 nitrogen and oxygen atoms in total. The number of nitrogens with zero attached hydrogens (tertiary/aromatic N) is 3. The lowest BCUT2D eigenvalue weighted by molar-refractivity contribution is -0.0207. The van der Waals surface area contributed by atoms with E-state index in [2.05, 4.69) is 63.5 Å². The smallest absolute Gasteiger partial charge is 0.0799 e. The second-order valence-corrected chi connectivity index (χ2v) is 7.56. The Bertz CT molecular complexity index is 541. The van der Waals surface area contributed by atoms with E-state index in [1.165, 1.54) is 38.5 Å². The minimum atomic E-state index is 0.326. The summed E-state index contributed by atoms with van der Waals surface area (Å²) in [5, 5.41) is 2.54. The molecule has 2 aromatic rings. The lowest BCUT2D eigenvalue weighted by atomic mass is 9.53. The summed E-state index contributed by atoms with van der Waals surface area (Å²) in [6, 6.07) is 8.54. The minimum Gasteiger partial charge on any atom is -0.253 e. The second kappa shape index (κ2) is 4.19. The van der Waals surface area contributed by atoms with Crippen molar-refractivity contribution in [2.45, 2.75) is 44.1 Å². The maximum atomic E-state index is 2.54. The molecule has 0 aliphatic heterocycles. The third-order valence-corrected chi connectivity index (χ3v) is 6.05. The Labute approximate surface area is 126 Å². The van der Waals surface area contributed by atoms with Gasteiger partial charge in [-0.25, -0.2) is 5.12 Å². The fourth-order valence-electron chi connectivity index (χ4n) is 5.82. The van der Waals surface area contributed by atoms with Crippen molar-refractivity contribution in [3.8, 4) is 0 Å². The zero-order chi connectivity index (χ0) is 13.9. The fourth-order valence-corrected chi connectivity index (χ4v) is 5.82. The number of hydrogen-bond acceptors (Lipinski definition) is 1. The van der Waals surface area contributed by atoms with Crippen LogP contribution in [0.3, 0.4) is 0 Å². The Balaban J connectivity index is 1.62. The van der Waals surface area contributed by atoms with Gasteiger partial charge in [-0.1, -0.05) is 0 Å². The molecule has 0 spiro atoms. The van der Waals surface area contributed by atoms with Crippen LogP contribution >= 0.6 is 0 Å². The first kappa shape index (κ1) is 12.0. The van der Waals surface area contributed by atoms with Crippen molar-refractivity contribution in [3.05, 3.63) is 49.1 Å². The second-order valence-electron chi connectivity index (χ2n) is 7.56. The molecule has 4 saturated carbocycles. The third kappa shape index (κ3) is 1.73. The van der Waals surface area contributed by atoms with E-state index in [0.717, 1.165) is 17.8 Å². The van der Waals surface area contributed by atoms with Crippen molar-refractivity contribution in [3.63, 3.8) is 0 Å². The molecule has 4 aliphatic carbocycles. The van der Waals surface area contributed by atoms with Crippen molar-refractivity contribution in [2.75, 3.05) is 5.12 Å². The predicted molar refractivity (Wildman–Crippen MR) is 83.4 cm³/mol. The maximum Gasteiger partial charge on any atom is 0.0799 e. The summed E-state index contributed by atoms with van der Waals surface area (Å²) >= 11 is 0. The van der Waals surface area contributed by atoms with Gasteiger partial charge in [0.15, 0.2) is 0 Å². The summed E-state index contributed by atoms with van der Waals surface area (Å²) in [6.45, 7) is 0. The van der Waals surface area contributed by atoms with Crippen LogP contribution in [0.15, 0.2) is 49.1 Å². The first-order chi connectivity index (χ1) is 10.3. The van der Waals surface area contributed by atoms with Crippen LogP contribution in [0.25, 0.3) is 0 Å². The molecule has 0 atom stereocenters. The molecule has 0 aromatic carbocycles. The quantitative estimate of drug-likeness (QED) is 0.837. The average molecular weight is 281 g/mol. The van der Waals surface area contributed by atoms with Gasteiger partial charge in [0.2, 0.25) is 0 Å². The predicted octanol–water partition coefficient (Wildman–Crippen LogP) is 3.66. The van der Waals surface area contributed by atoms with Gasteiger partial charge in [-0.15, -0.1) is 0 Å². The van der Waals surface area contributed by atoms with Gasteiger partial charge in [0, 0.05) is 24.8 Å². The number of rotatable bonds is 3. The summed E-state index contributed by atoms with van der Waals surface area (Å²) in [5.41, 5.74) is 0.326. The molecule has 2 heterocycles. The Kier molecular flexibility index (Phi) is 2.38. The first-order valence-electron chi connectivity index (χ1n) is 8.39. The van der Waals surface area contributed by atoms with Crippen LogP contribution in [0.4, 0.5) is 0 Å². The summed E-state index contributed by atoms with van der Waals surface area (Å²) < 4.78 is 4.60. The van der Waals surface area contributed by atoms with Gasteiger partial charge in [-0.2, -0.15) is 0 Å². The van der Waals surface area contributed by atoms with E-state index in [0.29, 0.717) is 5.54 Å². The van der Waals surface area contributed by atoms with Crippen LogP contribution in [0, 0.1) is 17.8 Å². The molecule has 3 heteroatoms. The van der Waals surface area contributed by atoms with Crippen LogP contribution in [-0.2, 0) is 0 Å². The molecular weight excluding hydrogens is 258 g/mol. The Morgan fingerprint density at radius 2 is 1.05 bits per heavy atom. The standard InChI is InChI=1S/C18H23N3/c1-2-6-19(5-1)21(20-7-3-4-8-20)18-12-15-9-16(13-18)11-17(10-15)14-18/h1-8,15-17H,9-14H2. The highest BCUT2D eigenvalue weighted by Crippen LogP contribution is 2.57. The molecule has 4 aliphatic rings. The third-order valence-electron chi connectivity index (χ3n) is 6.05. The highest BCUT2D eigenvalue weighted by atomic mass is 15.8. The van der Waals surface area contributed by atoms with Crippen LogP contribution in [-0.4, -0.2) is 14.9 Å². The van der Waals surface area contributed by atoms with Gasteiger partial charge in [-0.05, 0) is 80.5 Å². The van der Waals surface area contributed by atoms with Crippen molar-refractivity contribution in [1.82, 2.24) is 9.35 Å². The van der Waals surface area contributed by atoms with Crippen molar-refractivity contribution in [2.24, 2.45) is 17.8 Å². The SMILES string of the molecule is c1ccn(N(n2cccc2)C23CC4CC(CC(C4)C2)C3)c1. The van der Waals surface area contributed by atoms with Gasteiger partial charge in [0.1, 0.15) is 0 Å². The summed E-state index contributed by atoms with van der Waals surface area (Å²) in [5.74, 6) is 2.89. The first-order valence-corrected chi connectivity index (χ1v) is 8.39. The number of aromatic nitrogens is 2. The highest BCUT2D eigenvalue weighted by molar-refractivity contribution is 5.18. The number of hydrogen-bond donors (Lipinski definition) is 0. The van der Waals surface area contributed by atoms with Gasteiger partial charge in [-0.3, -0.25) is 9.35 Å². The van der Waals surface area contributed by atoms with E-state index in [1.54, 1.807) is 0 Å². The van der Waals surface area contributed by atoms with E-state index >= 15 is 0 Å². The van der Waals surface area contributed by atoms with Crippen LogP contribution in [0.2, 0.25) is 0 Å². The van der Waals surface area contributed by atoms with E-state index in [4.69, 9.17) is 0 Å². The molecule has 0 unspecified atom stereocenters. The van der Waals surface area contributed by atoms with Crippen molar-refractivity contribution < 1.29 is 0 Å². The Hall–Kier alpha value is -1.64. The van der Waals surface area contributed by atoms with Crippen LogP contribution in [0.5, 0.6) is 0 Å². The summed E-state index contributed by atoms with van der Waals surface area (Å²) in [6.07, 6.45) is 17.4. The molecule has 0 saturated heterocycles. The molecule has 21 heavy (non-hydrogen) atoms. The lowest BCUT2D eigenvalue weighted by Gasteiger charge is -2.60. The van der Waals surface area contributed by atoms with E-state index in [9.17, 15) is 0 Å².